The molecule has 13 heavy (non-hydrogen) atoms. The molecule has 0 aromatic carbocycles. The Morgan fingerprint density at radius 1 is 1.46 bits per heavy atom. The van der Waals surface area contributed by atoms with E-state index >= 15 is 0 Å². The molecule has 0 amide bonds. The normalized spacial score (nSPS) is 18.0. The number of aryl methyl sites for hydroxylation is 1. The lowest BCUT2D eigenvalue weighted by molar-refractivity contribution is 0.651. The molecule has 1 saturated carbocycles. The van der Waals surface area contributed by atoms with Gasteiger partial charge < -0.3 is 4.90 Å². The Kier molecular flexibility index (Phi) is 2.54. The molecular formula is C10H16N2S. The summed E-state index contributed by atoms with van der Waals surface area (Å²) in [4.78, 5) is 6.85. The van der Waals surface area contributed by atoms with Crippen molar-refractivity contribution in [2.24, 2.45) is 0 Å². The molecule has 1 aliphatic rings. The van der Waals surface area contributed by atoms with Gasteiger partial charge in [0.2, 0.25) is 0 Å². The molecule has 1 aromatic heterocycles. The largest absolute Gasteiger partial charge is 0.348 e. The third kappa shape index (κ3) is 1.85. The molecule has 0 saturated heterocycles. The van der Waals surface area contributed by atoms with Crippen LogP contribution in [0.15, 0.2) is 5.38 Å². The summed E-state index contributed by atoms with van der Waals surface area (Å²) in [6.07, 6.45) is 5.46. The van der Waals surface area contributed by atoms with Crippen LogP contribution in [0.3, 0.4) is 0 Å². The minimum absolute atomic E-state index is 0.741. The van der Waals surface area contributed by atoms with Crippen LogP contribution < -0.4 is 4.90 Å². The quantitative estimate of drug-likeness (QED) is 0.723. The summed E-state index contributed by atoms with van der Waals surface area (Å²) in [7, 11) is 2.17. The zero-order valence-electron chi connectivity index (χ0n) is 8.29. The maximum Gasteiger partial charge on any atom is 0.185 e. The minimum atomic E-state index is 0.741. The molecule has 1 heterocycles. The van der Waals surface area contributed by atoms with Crippen molar-refractivity contribution in [3.63, 3.8) is 0 Å². The maximum atomic E-state index is 4.50. The van der Waals surface area contributed by atoms with Crippen LogP contribution in [0.2, 0.25) is 0 Å². The standard InChI is InChI=1S/C10H16N2S/c1-8-7-13-10(11-8)12(2)9-5-3-4-6-9/h7,9H,3-6H2,1-2H3. The van der Waals surface area contributed by atoms with Crippen molar-refractivity contribution in [2.75, 3.05) is 11.9 Å². The highest BCUT2D eigenvalue weighted by atomic mass is 32.1. The summed E-state index contributed by atoms with van der Waals surface area (Å²) in [6.45, 7) is 2.06. The molecule has 1 aliphatic carbocycles. The van der Waals surface area contributed by atoms with Gasteiger partial charge in [0.25, 0.3) is 0 Å². The third-order valence-corrected chi connectivity index (χ3v) is 3.83. The highest BCUT2D eigenvalue weighted by Gasteiger charge is 2.21. The lowest BCUT2D eigenvalue weighted by atomic mass is 10.2. The van der Waals surface area contributed by atoms with Crippen molar-refractivity contribution < 1.29 is 0 Å². The molecule has 1 aromatic rings. The predicted octanol–water partition coefficient (Wildman–Crippen LogP) is 2.83. The molecule has 0 radical (unpaired) electrons. The molecule has 0 N–H and O–H groups in total. The van der Waals surface area contributed by atoms with E-state index in [0.717, 1.165) is 11.7 Å². The van der Waals surface area contributed by atoms with Gasteiger partial charge in [-0.2, -0.15) is 0 Å². The van der Waals surface area contributed by atoms with Crippen molar-refractivity contribution in [1.82, 2.24) is 4.98 Å². The van der Waals surface area contributed by atoms with Crippen molar-refractivity contribution in [1.29, 1.82) is 0 Å². The topological polar surface area (TPSA) is 16.1 Å². The van der Waals surface area contributed by atoms with E-state index in [1.165, 1.54) is 30.8 Å². The van der Waals surface area contributed by atoms with Gasteiger partial charge in [0.1, 0.15) is 0 Å². The average molecular weight is 196 g/mol. The average Bonchev–Trinajstić information content (AvgIpc) is 2.72. The van der Waals surface area contributed by atoms with E-state index < -0.39 is 0 Å². The number of rotatable bonds is 2. The fourth-order valence-electron chi connectivity index (χ4n) is 1.95. The van der Waals surface area contributed by atoms with Gasteiger partial charge in [0.15, 0.2) is 5.13 Å². The Hall–Kier alpha value is -0.570. The molecule has 2 rings (SSSR count). The van der Waals surface area contributed by atoms with Crippen LogP contribution in [0, 0.1) is 6.92 Å². The Balaban J connectivity index is 2.07. The number of hydrogen-bond acceptors (Lipinski definition) is 3. The van der Waals surface area contributed by atoms with Crippen molar-refractivity contribution in [2.45, 2.75) is 38.6 Å². The van der Waals surface area contributed by atoms with Gasteiger partial charge in [-0.15, -0.1) is 11.3 Å². The van der Waals surface area contributed by atoms with Crippen LogP contribution in [-0.2, 0) is 0 Å². The van der Waals surface area contributed by atoms with Gasteiger partial charge in [0.05, 0.1) is 5.69 Å². The molecule has 3 heteroatoms. The van der Waals surface area contributed by atoms with Gasteiger partial charge in [-0.25, -0.2) is 4.98 Å². The Morgan fingerprint density at radius 2 is 2.15 bits per heavy atom. The van der Waals surface area contributed by atoms with Gasteiger partial charge in [0, 0.05) is 18.5 Å². The van der Waals surface area contributed by atoms with Gasteiger partial charge in [-0.05, 0) is 19.8 Å². The van der Waals surface area contributed by atoms with E-state index in [2.05, 4.69) is 29.2 Å². The van der Waals surface area contributed by atoms with E-state index in [9.17, 15) is 0 Å². The van der Waals surface area contributed by atoms with Crippen molar-refractivity contribution in [3.8, 4) is 0 Å². The second-order valence-corrected chi connectivity index (χ2v) is 4.66. The number of nitrogens with zero attached hydrogens (tertiary/aromatic N) is 2. The van der Waals surface area contributed by atoms with Gasteiger partial charge in [-0.1, -0.05) is 12.8 Å². The second-order valence-electron chi connectivity index (χ2n) is 3.82. The zero-order valence-corrected chi connectivity index (χ0v) is 9.10. The molecule has 72 valence electrons. The Bertz CT molecular complexity index is 276. The van der Waals surface area contributed by atoms with Crippen LogP contribution in [0.5, 0.6) is 0 Å². The molecule has 0 spiro atoms. The first-order valence-corrected chi connectivity index (χ1v) is 5.80. The van der Waals surface area contributed by atoms with E-state index in [-0.39, 0.29) is 0 Å². The van der Waals surface area contributed by atoms with E-state index in [4.69, 9.17) is 0 Å². The number of anilines is 1. The van der Waals surface area contributed by atoms with Crippen LogP contribution in [0.1, 0.15) is 31.4 Å². The SMILES string of the molecule is Cc1csc(N(C)C2CCCC2)n1. The van der Waals surface area contributed by atoms with Crippen LogP contribution in [0.25, 0.3) is 0 Å². The first-order chi connectivity index (χ1) is 6.27. The van der Waals surface area contributed by atoms with Crippen LogP contribution >= 0.6 is 11.3 Å². The van der Waals surface area contributed by atoms with Crippen molar-refractivity contribution >= 4 is 16.5 Å². The summed E-state index contributed by atoms with van der Waals surface area (Å²) in [5.41, 5.74) is 1.14. The summed E-state index contributed by atoms with van der Waals surface area (Å²) in [6, 6.07) is 0.741. The Labute approximate surface area is 83.6 Å². The summed E-state index contributed by atoms with van der Waals surface area (Å²) in [5, 5.41) is 3.31. The van der Waals surface area contributed by atoms with Gasteiger partial charge in [-0.3, -0.25) is 0 Å². The minimum Gasteiger partial charge on any atom is -0.348 e. The number of hydrogen-bond donors (Lipinski definition) is 0. The van der Waals surface area contributed by atoms with Crippen LogP contribution in [0.4, 0.5) is 5.13 Å². The third-order valence-electron chi connectivity index (χ3n) is 2.78. The van der Waals surface area contributed by atoms with Crippen LogP contribution in [-0.4, -0.2) is 18.1 Å². The maximum absolute atomic E-state index is 4.50. The molecule has 0 atom stereocenters. The molecule has 0 aliphatic heterocycles. The zero-order chi connectivity index (χ0) is 9.26. The summed E-state index contributed by atoms with van der Waals surface area (Å²) in [5.74, 6) is 0. The second kappa shape index (κ2) is 3.66. The van der Waals surface area contributed by atoms with Gasteiger partial charge >= 0.3 is 0 Å². The smallest absolute Gasteiger partial charge is 0.185 e. The fraction of sp³-hybridized carbons (Fsp3) is 0.700. The number of thiazole rings is 1. The molecular weight excluding hydrogens is 180 g/mol. The first kappa shape index (κ1) is 9.00. The molecule has 0 unspecified atom stereocenters. The molecule has 0 bridgehead atoms. The van der Waals surface area contributed by atoms with E-state index in [1.807, 2.05) is 0 Å². The highest BCUT2D eigenvalue weighted by molar-refractivity contribution is 7.13. The predicted molar refractivity (Wildman–Crippen MR) is 57.5 cm³/mol. The first-order valence-electron chi connectivity index (χ1n) is 4.92. The monoisotopic (exact) mass is 196 g/mol. The van der Waals surface area contributed by atoms with E-state index in [0.29, 0.717) is 0 Å². The fourth-order valence-corrected chi connectivity index (χ4v) is 2.79. The van der Waals surface area contributed by atoms with E-state index in [1.54, 1.807) is 11.3 Å². The molecule has 1 fully saturated rings. The lowest BCUT2D eigenvalue weighted by Crippen LogP contribution is -2.28. The van der Waals surface area contributed by atoms with Crippen molar-refractivity contribution in [3.05, 3.63) is 11.1 Å². The Morgan fingerprint density at radius 3 is 2.69 bits per heavy atom. The number of aromatic nitrogens is 1. The molecule has 2 nitrogen and oxygen atoms in total. The highest BCUT2D eigenvalue weighted by Crippen LogP contribution is 2.28. The summed E-state index contributed by atoms with van der Waals surface area (Å²) >= 11 is 1.76. The summed E-state index contributed by atoms with van der Waals surface area (Å²) < 4.78 is 0. The lowest BCUT2D eigenvalue weighted by Gasteiger charge is -2.23.